The van der Waals surface area contributed by atoms with Gasteiger partial charge in [0, 0.05) is 0 Å². The normalized spacial score (nSPS) is 18.2. The second-order valence-corrected chi connectivity index (χ2v) is 9.02. The number of aliphatic imine (C=N–C) groups is 1. The van der Waals surface area contributed by atoms with E-state index in [1.807, 2.05) is 6.08 Å². The number of hydrogen-bond donors (Lipinski definition) is 0. The van der Waals surface area contributed by atoms with Crippen LogP contribution in [0.15, 0.2) is 51.6 Å². The summed E-state index contributed by atoms with van der Waals surface area (Å²) >= 11 is 0. The molecule has 0 amide bonds. The summed E-state index contributed by atoms with van der Waals surface area (Å²) in [6.45, 7) is 15.0. The van der Waals surface area contributed by atoms with E-state index in [9.17, 15) is 4.79 Å². The fourth-order valence-corrected chi connectivity index (χ4v) is 3.23. The number of carbonyl (C=O) groups is 1. The van der Waals surface area contributed by atoms with Crippen molar-refractivity contribution in [2.45, 2.75) is 99.5 Å². The van der Waals surface area contributed by atoms with Gasteiger partial charge in [-0.05, 0) is 91.6 Å². The van der Waals surface area contributed by atoms with Gasteiger partial charge in [0.25, 0.3) is 0 Å². The van der Waals surface area contributed by atoms with Crippen molar-refractivity contribution in [3.63, 3.8) is 0 Å². The molecule has 0 spiro atoms. The Morgan fingerprint density at radius 1 is 0.897 bits per heavy atom. The highest BCUT2D eigenvalue weighted by Gasteiger charge is 2.28. The van der Waals surface area contributed by atoms with Crippen LogP contribution in [0.25, 0.3) is 0 Å². The SMILES string of the molecule is CC(C)=CCC/C(C)=C/CC/C(C)=C/CC/C(C)=C/C1=N[C@@H](CC(C)C)C(=O)O1. The minimum Gasteiger partial charge on any atom is -0.406 e. The van der Waals surface area contributed by atoms with Crippen LogP contribution in [0.2, 0.25) is 0 Å². The summed E-state index contributed by atoms with van der Waals surface area (Å²) in [6.07, 6.45) is 16.2. The molecule has 0 aliphatic carbocycles. The van der Waals surface area contributed by atoms with Crippen LogP contribution in [0.5, 0.6) is 0 Å². The fraction of sp³-hybridized carbons (Fsp3) is 0.615. The first-order valence-corrected chi connectivity index (χ1v) is 11.1. The number of esters is 1. The van der Waals surface area contributed by atoms with Crippen LogP contribution >= 0.6 is 0 Å². The quantitative estimate of drug-likeness (QED) is 0.252. The summed E-state index contributed by atoms with van der Waals surface area (Å²) < 4.78 is 5.30. The van der Waals surface area contributed by atoms with E-state index in [0.717, 1.165) is 44.9 Å². The zero-order chi connectivity index (χ0) is 21.8. The molecule has 1 atom stereocenters. The topological polar surface area (TPSA) is 38.7 Å². The second-order valence-electron chi connectivity index (χ2n) is 9.02. The molecule has 0 bridgehead atoms. The predicted octanol–water partition coefficient (Wildman–Crippen LogP) is 7.50. The highest BCUT2D eigenvalue weighted by molar-refractivity contribution is 6.02. The Morgan fingerprint density at radius 3 is 1.93 bits per heavy atom. The highest BCUT2D eigenvalue weighted by atomic mass is 16.6. The van der Waals surface area contributed by atoms with Gasteiger partial charge in [-0.2, -0.15) is 0 Å². The van der Waals surface area contributed by atoms with Gasteiger partial charge in [-0.1, -0.05) is 54.4 Å². The van der Waals surface area contributed by atoms with E-state index < -0.39 is 0 Å². The van der Waals surface area contributed by atoms with Gasteiger partial charge < -0.3 is 4.74 Å². The zero-order valence-corrected chi connectivity index (χ0v) is 19.7. The molecule has 3 nitrogen and oxygen atoms in total. The number of nitrogens with zero attached hydrogens (tertiary/aromatic N) is 1. The van der Waals surface area contributed by atoms with Crippen molar-refractivity contribution in [2.24, 2.45) is 10.9 Å². The Kier molecular flexibility index (Phi) is 11.6. The summed E-state index contributed by atoms with van der Waals surface area (Å²) in [6, 6.07) is -0.324. The molecule has 0 aromatic heterocycles. The van der Waals surface area contributed by atoms with Crippen LogP contribution in [0, 0.1) is 5.92 Å². The van der Waals surface area contributed by atoms with Crippen LogP contribution in [0.3, 0.4) is 0 Å². The van der Waals surface area contributed by atoms with E-state index in [0.29, 0.717) is 11.8 Å². The Labute approximate surface area is 178 Å². The third-order valence-corrected chi connectivity index (χ3v) is 4.98. The molecule has 0 fully saturated rings. The first-order valence-electron chi connectivity index (χ1n) is 11.1. The molecule has 1 aliphatic heterocycles. The lowest BCUT2D eigenvalue weighted by Gasteiger charge is -2.05. The molecule has 0 aromatic carbocycles. The summed E-state index contributed by atoms with van der Waals surface area (Å²) in [5, 5.41) is 0. The van der Waals surface area contributed by atoms with Gasteiger partial charge >= 0.3 is 5.97 Å². The fourth-order valence-electron chi connectivity index (χ4n) is 3.23. The number of hydrogen-bond acceptors (Lipinski definition) is 3. The van der Waals surface area contributed by atoms with Crippen molar-refractivity contribution in [2.75, 3.05) is 0 Å². The average molecular weight is 400 g/mol. The lowest BCUT2D eigenvalue weighted by Crippen LogP contribution is -2.16. The van der Waals surface area contributed by atoms with Crippen LogP contribution in [0.4, 0.5) is 0 Å². The summed E-state index contributed by atoms with van der Waals surface area (Å²) in [4.78, 5) is 16.3. The predicted molar refractivity (Wildman–Crippen MR) is 125 cm³/mol. The van der Waals surface area contributed by atoms with Gasteiger partial charge in [0.15, 0.2) is 6.04 Å². The third kappa shape index (κ3) is 11.6. The summed E-state index contributed by atoms with van der Waals surface area (Å²) in [5.41, 5.74) is 5.51. The maximum absolute atomic E-state index is 11.9. The van der Waals surface area contributed by atoms with Crippen LogP contribution in [-0.2, 0) is 9.53 Å². The molecule has 0 saturated heterocycles. The van der Waals surface area contributed by atoms with Crippen LogP contribution < -0.4 is 0 Å². The maximum atomic E-state index is 11.9. The van der Waals surface area contributed by atoms with Gasteiger partial charge in [0.1, 0.15) is 0 Å². The monoisotopic (exact) mass is 399 g/mol. The number of cyclic esters (lactones) is 1. The molecule has 1 heterocycles. The molecular weight excluding hydrogens is 358 g/mol. The smallest absolute Gasteiger partial charge is 0.337 e. The molecule has 29 heavy (non-hydrogen) atoms. The van der Waals surface area contributed by atoms with Crippen molar-refractivity contribution < 1.29 is 9.53 Å². The van der Waals surface area contributed by atoms with Crippen molar-refractivity contribution >= 4 is 11.9 Å². The minimum absolute atomic E-state index is 0.210. The maximum Gasteiger partial charge on any atom is 0.337 e. The van der Waals surface area contributed by atoms with Crippen molar-refractivity contribution in [1.29, 1.82) is 0 Å². The molecular formula is C26H41NO2. The van der Waals surface area contributed by atoms with Gasteiger partial charge in [0.05, 0.1) is 0 Å². The standard InChI is InChI=1S/C26H41NO2/c1-19(2)11-8-12-21(5)13-9-14-22(6)15-10-16-23(7)18-25-27-24(17-20(3)4)26(28)29-25/h11,13,15,18,20,24H,8-10,12,14,16-17H2,1-7H3/b21-13+,22-15+,23-18+/t24-/m0/s1. The number of rotatable bonds is 12. The Morgan fingerprint density at radius 2 is 1.41 bits per heavy atom. The first-order chi connectivity index (χ1) is 13.7. The van der Waals surface area contributed by atoms with E-state index in [2.05, 4.69) is 71.7 Å². The van der Waals surface area contributed by atoms with Gasteiger partial charge in [-0.15, -0.1) is 0 Å². The first kappa shape index (κ1) is 25.1. The largest absolute Gasteiger partial charge is 0.406 e. The Balaban J connectivity index is 2.37. The molecule has 0 aromatic rings. The number of allylic oxidation sites excluding steroid dienone is 7. The number of ether oxygens (including phenoxy) is 1. The van der Waals surface area contributed by atoms with E-state index in [4.69, 9.17) is 4.74 Å². The lowest BCUT2D eigenvalue weighted by atomic mass is 10.0. The van der Waals surface area contributed by atoms with E-state index in [-0.39, 0.29) is 12.0 Å². The Hall–Kier alpha value is -1.90. The summed E-state index contributed by atoms with van der Waals surface area (Å²) in [5.74, 6) is 0.704. The molecule has 0 unspecified atom stereocenters. The van der Waals surface area contributed by atoms with Gasteiger partial charge in [-0.25, -0.2) is 9.79 Å². The van der Waals surface area contributed by atoms with Gasteiger partial charge in [0.2, 0.25) is 5.90 Å². The molecule has 1 rings (SSSR count). The van der Waals surface area contributed by atoms with Crippen LogP contribution in [0.1, 0.15) is 93.4 Å². The lowest BCUT2D eigenvalue weighted by molar-refractivity contribution is -0.135. The van der Waals surface area contributed by atoms with Crippen molar-refractivity contribution in [3.05, 3.63) is 46.6 Å². The third-order valence-electron chi connectivity index (χ3n) is 4.98. The molecule has 3 heteroatoms. The van der Waals surface area contributed by atoms with Gasteiger partial charge in [-0.3, -0.25) is 0 Å². The molecule has 0 saturated carbocycles. The van der Waals surface area contributed by atoms with Crippen molar-refractivity contribution in [1.82, 2.24) is 0 Å². The average Bonchev–Trinajstić information content (AvgIpc) is 2.92. The van der Waals surface area contributed by atoms with E-state index >= 15 is 0 Å². The summed E-state index contributed by atoms with van der Waals surface area (Å²) in [7, 11) is 0. The molecule has 0 radical (unpaired) electrons. The zero-order valence-electron chi connectivity index (χ0n) is 19.7. The minimum atomic E-state index is -0.324. The second kappa shape index (κ2) is 13.3. The number of carbonyl (C=O) groups excluding carboxylic acids is 1. The molecule has 0 N–H and O–H groups in total. The molecule has 1 aliphatic rings. The van der Waals surface area contributed by atoms with E-state index in [1.54, 1.807) is 0 Å². The highest BCUT2D eigenvalue weighted by Crippen LogP contribution is 2.18. The molecule has 162 valence electrons. The Bertz CT molecular complexity index is 685. The van der Waals surface area contributed by atoms with E-state index in [1.165, 1.54) is 22.3 Å². The van der Waals surface area contributed by atoms with Crippen LogP contribution in [-0.4, -0.2) is 17.9 Å². The van der Waals surface area contributed by atoms with Crippen molar-refractivity contribution in [3.8, 4) is 0 Å².